The van der Waals surface area contributed by atoms with Gasteiger partial charge in [0.05, 0.1) is 5.69 Å². The Morgan fingerprint density at radius 3 is 2.60 bits per heavy atom. The van der Waals surface area contributed by atoms with Crippen molar-refractivity contribution in [2.75, 3.05) is 4.90 Å². The molecule has 1 aliphatic heterocycles. The first kappa shape index (κ1) is 14.0. The predicted octanol–water partition coefficient (Wildman–Crippen LogP) is 1.48. The minimum Gasteiger partial charge on any atom is -0.480 e. The van der Waals surface area contributed by atoms with Crippen LogP contribution in [0.25, 0.3) is 0 Å². The third kappa shape index (κ3) is 2.24. The van der Waals surface area contributed by atoms with Crippen LogP contribution >= 0.6 is 0 Å². The monoisotopic (exact) mass is 277 g/mol. The van der Waals surface area contributed by atoms with Crippen LogP contribution in [0.3, 0.4) is 0 Å². The van der Waals surface area contributed by atoms with Crippen molar-refractivity contribution in [3.63, 3.8) is 0 Å². The lowest BCUT2D eigenvalue weighted by molar-refractivity contribution is -0.140. The van der Waals surface area contributed by atoms with E-state index >= 15 is 0 Å². The zero-order valence-corrected chi connectivity index (χ0v) is 11.4. The second kappa shape index (κ2) is 4.96. The average Bonchev–Trinajstić information content (AvgIpc) is 2.38. The number of amides is 1. The SMILES string of the molecule is CC(=O)c1ccc2c(c1)N(C(C)C(=O)O)C(=O)C(C)O2. The van der Waals surface area contributed by atoms with Crippen molar-refractivity contribution in [1.29, 1.82) is 0 Å². The highest BCUT2D eigenvalue weighted by atomic mass is 16.5. The largest absolute Gasteiger partial charge is 0.480 e. The van der Waals surface area contributed by atoms with Gasteiger partial charge in [0.2, 0.25) is 0 Å². The number of carboxylic acids is 1. The quantitative estimate of drug-likeness (QED) is 0.846. The molecular weight excluding hydrogens is 262 g/mol. The minimum absolute atomic E-state index is 0.165. The van der Waals surface area contributed by atoms with Crippen molar-refractivity contribution in [3.8, 4) is 5.75 Å². The molecule has 0 aliphatic carbocycles. The number of ketones is 1. The summed E-state index contributed by atoms with van der Waals surface area (Å²) in [5, 5.41) is 9.14. The van der Waals surface area contributed by atoms with Crippen LogP contribution in [0.1, 0.15) is 31.1 Å². The van der Waals surface area contributed by atoms with Gasteiger partial charge < -0.3 is 9.84 Å². The Hall–Kier alpha value is -2.37. The number of nitrogens with zero attached hydrogens (tertiary/aromatic N) is 1. The van der Waals surface area contributed by atoms with Gasteiger partial charge in [0, 0.05) is 5.56 Å². The van der Waals surface area contributed by atoms with Crippen LogP contribution in [0.15, 0.2) is 18.2 Å². The second-order valence-corrected chi connectivity index (χ2v) is 4.72. The van der Waals surface area contributed by atoms with E-state index in [-0.39, 0.29) is 5.78 Å². The van der Waals surface area contributed by atoms with Crippen LogP contribution in [0, 0.1) is 0 Å². The average molecular weight is 277 g/mol. The molecule has 2 rings (SSSR count). The molecule has 1 aromatic rings. The number of carboxylic acid groups (broad SMARTS) is 1. The Balaban J connectivity index is 2.57. The van der Waals surface area contributed by atoms with Crippen LogP contribution in [0.4, 0.5) is 5.69 Å². The number of hydrogen-bond acceptors (Lipinski definition) is 4. The first-order valence-corrected chi connectivity index (χ1v) is 6.20. The van der Waals surface area contributed by atoms with Gasteiger partial charge in [0.15, 0.2) is 11.9 Å². The summed E-state index contributed by atoms with van der Waals surface area (Å²) in [5.74, 6) is -1.32. The van der Waals surface area contributed by atoms with Crippen molar-refractivity contribution in [2.45, 2.75) is 32.9 Å². The molecule has 0 saturated heterocycles. The number of rotatable bonds is 3. The fourth-order valence-electron chi connectivity index (χ4n) is 2.09. The fraction of sp³-hybridized carbons (Fsp3) is 0.357. The third-order valence-electron chi connectivity index (χ3n) is 3.26. The summed E-state index contributed by atoms with van der Waals surface area (Å²) in [4.78, 5) is 35.9. The molecule has 1 N–H and O–H groups in total. The number of carbonyl (C=O) groups excluding carboxylic acids is 2. The number of Topliss-reactive ketones (excluding diaryl/α,β-unsaturated/α-hetero) is 1. The number of fused-ring (bicyclic) bond motifs is 1. The smallest absolute Gasteiger partial charge is 0.326 e. The number of aliphatic carboxylic acids is 1. The lowest BCUT2D eigenvalue weighted by atomic mass is 10.1. The lowest BCUT2D eigenvalue weighted by Gasteiger charge is -2.35. The van der Waals surface area contributed by atoms with E-state index in [0.717, 1.165) is 4.90 Å². The highest BCUT2D eigenvalue weighted by Crippen LogP contribution is 2.36. The molecule has 6 heteroatoms. The Kier molecular flexibility index (Phi) is 3.48. The summed E-state index contributed by atoms with van der Waals surface area (Å²) >= 11 is 0. The zero-order chi connectivity index (χ0) is 15.0. The summed E-state index contributed by atoms with van der Waals surface area (Å²) in [6, 6.07) is 3.62. The molecule has 0 spiro atoms. The molecule has 106 valence electrons. The molecule has 2 atom stereocenters. The maximum absolute atomic E-state index is 12.2. The van der Waals surface area contributed by atoms with Crippen LogP contribution < -0.4 is 9.64 Å². The van der Waals surface area contributed by atoms with Crippen molar-refractivity contribution >= 4 is 23.3 Å². The number of hydrogen-bond donors (Lipinski definition) is 1. The number of anilines is 1. The number of benzene rings is 1. The van der Waals surface area contributed by atoms with E-state index in [4.69, 9.17) is 9.84 Å². The van der Waals surface area contributed by atoms with Crippen LogP contribution in [-0.4, -0.2) is 34.9 Å². The molecule has 1 aliphatic rings. The normalized spacial score (nSPS) is 19.1. The van der Waals surface area contributed by atoms with Gasteiger partial charge in [0.1, 0.15) is 11.8 Å². The van der Waals surface area contributed by atoms with Crippen molar-refractivity contribution in [2.24, 2.45) is 0 Å². The summed E-state index contributed by atoms with van der Waals surface area (Å²) < 4.78 is 5.44. The van der Waals surface area contributed by atoms with E-state index in [0.29, 0.717) is 17.0 Å². The highest BCUT2D eigenvalue weighted by Gasteiger charge is 2.37. The van der Waals surface area contributed by atoms with Gasteiger partial charge in [0.25, 0.3) is 5.91 Å². The summed E-state index contributed by atoms with van der Waals surface area (Å²) in [7, 11) is 0. The van der Waals surface area contributed by atoms with E-state index in [1.54, 1.807) is 19.1 Å². The summed E-state index contributed by atoms with van der Waals surface area (Å²) in [6.07, 6.45) is -0.757. The Bertz CT molecular complexity index is 595. The molecule has 0 saturated carbocycles. The molecule has 20 heavy (non-hydrogen) atoms. The number of carbonyl (C=O) groups is 3. The summed E-state index contributed by atoms with van der Waals surface area (Å²) in [6.45, 7) is 4.38. The maximum atomic E-state index is 12.2. The molecule has 0 bridgehead atoms. The van der Waals surface area contributed by atoms with Gasteiger partial charge in [-0.15, -0.1) is 0 Å². The van der Waals surface area contributed by atoms with Gasteiger partial charge >= 0.3 is 5.97 Å². The molecule has 1 aromatic carbocycles. The molecular formula is C14H15NO5. The lowest BCUT2D eigenvalue weighted by Crippen LogP contribution is -2.51. The van der Waals surface area contributed by atoms with Gasteiger partial charge in [-0.2, -0.15) is 0 Å². The molecule has 2 unspecified atom stereocenters. The summed E-state index contributed by atoms with van der Waals surface area (Å²) in [5.41, 5.74) is 0.716. The van der Waals surface area contributed by atoms with Crippen LogP contribution in [0.5, 0.6) is 5.75 Å². The van der Waals surface area contributed by atoms with Crippen LogP contribution in [0.2, 0.25) is 0 Å². The van der Waals surface area contributed by atoms with Crippen molar-refractivity contribution < 1.29 is 24.2 Å². The minimum atomic E-state index is -1.12. The fourth-order valence-corrected chi connectivity index (χ4v) is 2.09. The Labute approximate surface area is 115 Å². The highest BCUT2D eigenvalue weighted by molar-refractivity contribution is 6.05. The van der Waals surface area contributed by atoms with E-state index < -0.39 is 24.0 Å². The molecule has 0 fully saturated rings. The zero-order valence-electron chi connectivity index (χ0n) is 11.4. The Morgan fingerprint density at radius 1 is 1.40 bits per heavy atom. The van der Waals surface area contributed by atoms with Crippen molar-refractivity contribution in [3.05, 3.63) is 23.8 Å². The van der Waals surface area contributed by atoms with E-state index in [1.807, 2.05) is 0 Å². The topological polar surface area (TPSA) is 83.9 Å². The van der Waals surface area contributed by atoms with Crippen LogP contribution in [-0.2, 0) is 9.59 Å². The van der Waals surface area contributed by atoms with E-state index in [1.165, 1.54) is 19.9 Å². The molecule has 0 radical (unpaired) electrons. The molecule has 1 heterocycles. The second-order valence-electron chi connectivity index (χ2n) is 4.72. The molecule has 1 amide bonds. The predicted molar refractivity (Wildman–Crippen MR) is 71.1 cm³/mol. The first-order chi connectivity index (χ1) is 9.32. The van der Waals surface area contributed by atoms with Crippen molar-refractivity contribution in [1.82, 2.24) is 0 Å². The van der Waals surface area contributed by atoms with Gasteiger partial charge in [-0.3, -0.25) is 14.5 Å². The number of ether oxygens (including phenoxy) is 1. The van der Waals surface area contributed by atoms with E-state index in [2.05, 4.69) is 0 Å². The first-order valence-electron chi connectivity index (χ1n) is 6.20. The standard InChI is InChI=1S/C14H15NO5/c1-7(14(18)19)15-11-6-10(8(2)16)4-5-12(11)20-9(3)13(15)17/h4-7,9H,1-3H3,(H,18,19). The van der Waals surface area contributed by atoms with Gasteiger partial charge in [-0.25, -0.2) is 4.79 Å². The van der Waals surface area contributed by atoms with Gasteiger partial charge in [-0.05, 0) is 39.0 Å². The maximum Gasteiger partial charge on any atom is 0.326 e. The van der Waals surface area contributed by atoms with E-state index in [9.17, 15) is 14.4 Å². The Morgan fingerprint density at radius 2 is 2.05 bits per heavy atom. The molecule has 0 aromatic heterocycles. The third-order valence-corrected chi connectivity index (χ3v) is 3.26. The molecule has 6 nitrogen and oxygen atoms in total. The van der Waals surface area contributed by atoms with Gasteiger partial charge in [-0.1, -0.05) is 0 Å².